The first kappa shape index (κ1) is 24.7. The quantitative estimate of drug-likeness (QED) is 0.390. The summed E-state index contributed by atoms with van der Waals surface area (Å²) < 4.78 is 10.9. The van der Waals surface area contributed by atoms with Gasteiger partial charge in [0.05, 0.1) is 43.8 Å². The van der Waals surface area contributed by atoms with Gasteiger partial charge in [-0.3, -0.25) is 4.98 Å². The van der Waals surface area contributed by atoms with E-state index in [4.69, 9.17) is 19.4 Å². The highest BCUT2D eigenvalue weighted by molar-refractivity contribution is 5.82. The van der Waals surface area contributed by atoms with Gasteiger partial charge in [-0.25, -0.2) is 9.97 Å². The van der Waals surface area contributed by atoms with Crippen molar-refractivity contribution in [3.63, 3.8) is 0 Å². The van der Waals surface area contributed by atoms with Crippen LogP contribution in [-0.4, -0.2) is 85.6 Å². The van der Waals surface area contributed by atoms with Crippen molar-refractivity contribution in [1.82, 2.24) is 19.9 Å². The second-order valence-corrected chi connectivity index (χ2v) is 9.07. The standard InChI is InChI=1S/C28H32N6O3/c1-32-8-10-33(11-9-32)28-7-4-20(18-30-28)27-19-29-25-6-5-21(16-26(25)31-27)34(12-13-35)22-14-23(36-2)17-24(15-22)37-3/h4-7,14-19,35H,8-13H2,1-3H3. The van der Waals surface area contributed by atoms with E-state index in [1.807, 2.05) is 47.5 Å². The van der Waals surface area contributed by atoms with Crippen LogP contribution in [0.5, 0.6) is 11.5 Å². The van der Waals surface area contributed by atoms with E-state index in [0.29, 0.717) is 18.0 Å². The van der Waals surface area contributed by atoms with E-state index in [1.54, 1.807) is 20.4 Å². The van der Waals surface area contributed by atoms with E-state index < -0.39 is 0 Å². The van der Waals surface area contributed by atoms with Crippen molar-refractivity contribution in [2.75, 3.05) is 70.4 Å². The molecule has 3 heterocycles. The number of anilines is 3. The number of aliphatic hydroxyl groups excluding tert-OH is 1. The van der Waals surface area contributed by atoms with Gasteiger partial charge in [-0.2, -0.15) is 0 Å². The van der Waals surface area contributed by atoms with E-state index >= 15 is 0 Å². The number of aromatic nitrogens is 3. The summed E-state index contributed by atoms with van der Waals surface area (Å²) >= 11 is 0. The van der Waals surface area contributed by atoms with Gasteiger partial charge in [0.25, 0.3) is 0 Å². The van der Waals surface area contributed by atoms with Crippen molar-refractivity contribution in [3.8, 4) is 22.8 Å². The Morgan fingerprint density at radius 1 is 0.838 bits per heavy atom. The SMILES string of the molecule is COc1cc(OC)cc(N(CCO)c2ccc3ncc(-c4ccc(N5CCN(C)CC5)nc4)nc3c2)c1. The largest absolute Gasteiger partial charge is 0.497 e. The monoisotopic (exact) mass is 500 g/mol. The van der Waals surface area contributed by atoms with Crippen molar-refractivity contribution >= 4 is 28.2 Å². The van der Waals surface area contributed by atoms with Crippen LogP contribution in [0.3, 0.4) is 0 Å². The molecule has 192 valence electrons. The molecule has 4 aromatic rings. The number of hydrogen-bond acceptors (Lipinski definition) is 9. The molecule has 1 aliphatic heterocycles. The molecule has 0 bridgehead atoms. The maximum absolute atomic E-state index is 9.80. The third-order valence-corrected chi connectivity index (χ3v) is 6.68. The van der Waals surface area contributed by atoms with E-state index in [9.17, 15) is 5.11 Å². The van der Waals surface area contributed by atoms with Crippen LogP contribution in [0.2, 0.25) is 0 Å². The number of ether oxygens (including phenoxy) is 2. The van der Waals surface area contributed by atoms with Gasteiger partial charge in [0.2, 0.25) is 0 Å². The lowest BCUT2D eigenvalue weighted by Gasteiger charge is -2.33. The Morgan fingerprint density at radius 3 is 2.24 bits per heavy atom. The van der Waals surface area contributed by atoms with Crippen LogP contribution >= 0.6 is 0 Å². The van der Waals surface area contributed by atoms with Gasteiger partial charge < -0.3 is 29.3 Å². The number of pyridine rings is 1. The van der Waals surface area contributed by atoms with Crippen molar-refractivity contribution in [1.29, 1.82) is 0 Å². The topological polar surface area (TPSA) is 87.1 Å². The molecule has 0 radical (unpaired) electrons. The number of piperazine rings is 1. The van der Waals surface area contributed by atoms with Gasteiger partial charge in [-0.15, -0.1) is 0 Å². The van der Waals surface area contributed by atoms with E-state index in [2.05, 4.69) is 34.0 Å². The summed E-state index contributed by atoms with van der Waals surface area (Å²) in [5, 5.41) is 9.80. The van der Waals surface area contributed by atoms with Crippen LogP contribution in [0, 0.1) is 0 Å². The smallest absolute Gasteiger partial charge is 0.128 e. The molecule has 0 amide bonds. The zero-order valence-corrected chi connectivity index (χ0v) is 21.5. The Bertz CT molecular complexity index is 1330. The Balaban J connectivity index is 1.45. The highest BCUT2D eigenvalue weighted by atomic mass is 16.5. The third-order valence-electron chi connectivity index (χ3n) is 6.68. The summed E-state index contributed by atoms with van der Waals surface area (Å²) in [4.78, 5) is 20.9. The normalized spacial score (nSPS) is 14.1. The van der Waals surface area contributed by atoms with Crippen molar-refractivity contribution in [2.45, 2.75) is 0 Å². The Hall–Kier alpha value is -3.95. The molecule has 9 nitrogen and oxygen atoms in total. The molecule has 0 spiro atoms. The highest BCUT2D eigenvalue weighted by Gasteiger charge is 2.16. The molecular weight excluding hydrogens is 468 g/mol. The number of rotatable bonds is 8. The van der Waals surface area contributed by atoms with Gasteiger partial charge in [0.1, 0.15) is 17.3 Å². The molecule has 2 aromatic carbocycles. The average molecular weight is 501 g/mol. The number of aliphatic hydroxyl groups is 1. The summed E-state index contributed by atoms with van der Waals surface area (Å²) in [7, 11) is 5.39. The van der Waals surface area contributed by atoms with E-state index in [1.165, 1.54) is 0 Å². The molecule has 9 heteroatoms. The van der Waals surface area contributed by atoms with E-state index in [0.717, 1.165) is 65.7 Å². The molecule has 1 fully saturated rings. The molecule has 0 saturated carbocycles. The number of nitrogens with zero attached hydrogens (tertiary/aromatic N) is 6. The number of likely N-dealkylation sites (N-methyl/N-ethyl adjacent to an activating group) is 1. The molecule has 1 saturated heterocycles. The summed E-state index contributed by atoms with van der Waals surface area (Å²) in [6.45, 7) is 4.41. The Kier molecular flexibility index (Phi) is 7.34. The fourth-order valence-corrected chi connectivity index (χ4v) is 4.52. The lowest BCUT2D eigenvalue weighted by molar-refractivity contribution is 0.305. The van der Waals surface area contributed by atoms with Crippen LogP contribution in [0.25, 0.3) is 22.3 Å². The van der Waals surface area contributed by atoms with E-state index in [-0.39, 0.29) is 6.61 Å². The van der Waals surface area contributed by atoms with Crippen molar-refractivity contribution in [3.05, 3.63) is 60.9 Å². The molecule has 2 aromatic heterocycles. The molecule has 37 heavy (non-hydrogen) atoms. The highest BCUT2D eigenvalue weighted by Crippen LogP contribution is 2.34. The number of benzene rings is 2. The average Bonchev–Trinajstić information content (AvgIpc) is 2.95. The van der Waals surface area contributed by atoms with Crippen LogP contribution in [0.4, 0.5) is 17.2 Å². The number of methoxy groups -OCH3 is 2. The minimum Gasteiger partial charge on any atom is -0.497 e. The van der Waals surface area contributed by atoms with Crippen LogP contribution < -0.4 is 19.3 Å². The van der Waals surface area contributed by atoms with Gasteiger partial charge >= 0.3 is 0 Å². The lowest BCUT2D eigenvalue weighted by Crippen LogP contribution is -2.44. The third kappa shape index (κ3) is 5.42. The molecule has 0 unspecified atom stereocenters. The first-order chi connectivity index (χ1) is 18.1. The minimum atomic E-state index is -0.0192. The molecular formula is C28H32N6O3. The minimum absolute atomic E-state index is 0.0192. The maximum atomic E-state index is 9.80. The van der Waals surface area contributed by atoms with Gasteiger partial charge in [-0.05, 0) is 37.4 Å². The molecule has 1 N–H and O–H groups in total. The van der Waals surface area contributed by atoms with Crippen LogP contribution in [0.1, 0.15) is 0 Å². The van der Waals surface area contributed by atoms with Crippen molar-refractivity contribution in [2.24, 2.45) is 0 Å². The second kappa shape index (κ2) is 11.0. The Morgan fingerprint density at radius 2 is 1.59 bits per heavy atom. The Labute approximate surface area is 216 Å². The summed E-state index contributed by atoms with van der Waals surface area (Å²) in [6, 6.07) is 15.7. The molecule has 0 aliphatic carbocycles. The zero-order valence-electron chi connectivity index (χ0n) is 21.5. The first-order valence-electron chi connectivity index (χ1n) is 12.4. The lowest BCUT2D eigenvalue weighted by atomic mass is 10.1. The maximum Gasteiger partial charge on any atom is 0.128 e. The molecule has 5 rings (SSSR count). The predicted octanol–water partition coefficient (Wildman–Crippen LogP) is 3.59. The van der Waals surface area contributed by atoms with Gasteiger partial charge in [0.15, 0.2) is 0 Å². The first-order valence-corrected chi connectivity index (χ1v) is 12.4. The zero-order chi connectivity index (χ0) is 25.8. The summed E-state index contributed by atoms with van der Waals surface area (Å²) in [5.41, 5.74) is 4.96. The van der Waals surface area contributed by atoms with Gasteiger partial charge in [0, 0.05) is 74.1 Å². The van der Waals surface area contributed by atoms with Crippen LogP contribution in [-0.2, 0) is 0 Å². The second-order valence-electron chi connectivity index (χ2n) is 9.07. The summed E-state index contributed by atoms with van der Waals surface area (Å²) in [5.74, 6) is 2.33. The fourth-order valence-electron chi connectivity index (χ4n) is 4.52. The number of hydrogen-bond donors (Lipinski definition) is 1. The van der Waals surface area contributed by atoms with Gasteiger partial charge in [-0.1, -0.05) is 0 Å². The predicted molar refractivity (Wildman–Crippen MR) is 146 cm³/mol. The fraction of sp³-hybridized carbons (Fsp3) is 0.321. The molecule has 1 aliphatic rings. The van der Waals surface area contributed by atoms with Crippen LogP contribution in [0.15, 0.2) is 60.9 Å². The number of fused-ring (bicyclic) bond motifs is 1. The summed E-state index contributed by atoms with van der Waals surface area (Å²) in [6.07, 6.45) is 3.65. The van der Waals surface area contributed by atoms with Crippen molar-refractivity contribution < 1.29 is 14.6 Å². The molecule has 0 atom stereocenters.